The highest BCUT2D eigenvalue weighted by molar-refractivity contribution is 6.30. The van der Waals surface area contributed by atoms with Crippen LogP contribution in [-0.4, -0.2) is 30.3 Å². The van der Waals surface area contributed by atoms with Gasteiger partial charge in [-0.1, -0.05) is 48.0 Å². The molecule has 0 aromatic heterocycles. The summed E-state index contributed by atoms with van der Waals surface area (Å²) in [4.78, 5) is 27.2. The zero-order valence-corrected chi connectivity index (χ0v) is 16.5. The minimum atomic E-state index is -0.524. The third-order valence-electron chi connectivity index (χ3n) is 4.81. The molecule has 1 aliphatic rings. The number of rotatable bonds is 4. The zero-order valence-electron chi connectivity index (χ0n) is 15.8. The molecule has 0 radical (unpaired) electrons. The Bertz CT molecular complexity index is 1020. The molecule has 1 aliphatic heterocycles. The van der Waals surface area contributed by atoms with Gasteiger partial charge in [0.25, 0.3) is 0 Å². The molecular formula is C23H19ClN2O3. The van der Waals surface area contributed by atoms with Gasteiger partial charge in [0.1, 0.15) is 11.5 Å². The number of hydrogen-bond acceptors (Lipinski definition) is 3. The topological polar surface area (TPSA) is 58.6 Å². The molecule has 146 valence electrons. The average molecular weight is 407 g/mol. The second-order valence-corrected chi connectivity index (χ2v) is 7.30. The van der Waals surface area contributed by atoms with Crippen molar-refractivity contribution < 1.29 is 14.3 Å². The van der Waals surface area contributed by atoms with Gasteiger partial charge in [-0.2, -0.15) is 0 Å². The lowest BCUT2D eigenvalue weighted by Crippen LogP contribution is -2.38. The van der Waals surface area contributed by atoms with Crippen LogP contribution < -0.4 is 10.1 Å². The number of para-hydroxylation sites is 2. The third kappa shape index (κ3) is 3.96. The molecule has 6 heteroatoms. The van der Waals surface area contributed by atoms with Crippen LogP contribution >= 0.6 is 11.6 Å². The molecule has 0 saturated carbocycles. The van der Waals surface area contributed by atoms with E-state index in [9.17, 15) is 9.59 Å². The molecule has 4 rings (SSSR count). The van der Waals surface area contributed by atoms with Crippen LogP contribution in [0.3, 0.4) is 0 Å². The standard InChI is InChI=1S/C23H19ClN2O3/c1-26(14-21(27)25-16-12-10-15(24)11-13-16)23(28)22-17-6-2-4-8-19(17)29-20-9-5-3-7-18(20)22/h2-13,22H,14H2,1H3,(H,25,27). The monoisotopic (exact) mass is 406 g/mol. The fourth-order valence-corrected chi connectivity index (χ4v) is 3.55. The van der Waals surface area contributed by atoms with Crippen molar-refractivity contribution in [1.82, 2.24) is 4.90 Å². The number of halogens is 1. The van der Waals surface area contributed by atoms with Crippen molar-refractivity contribution in [3.63, 3.8) is 0 Å². The highest BCUT2D eigenvalue weighted by Crippen LogP contribution is 2.44. The number of carbonyl (C=O) groups excluding carboxylic acids is 2. The number of benzene rings is 3. The summed E-state index contributed by atoms with van der Waals surface area (Å²) in [5, 5.41) is 3.37. The summed E-state index contributed by atoms with van der Waals surface area (Å²) in [6.45, 7) is -0.0663. The fraction of sp³-hybridized carbons (Fsp3) is 0.130. The molecular weight excluding hydrogens is 388 g/mol. The molecule has 0 atom stereocenters. The summed E-state index contributed by atoms with van der Waals surface area (Å²) in [6.07, 6.45) is 0. The highest BCUT2D eigenvalue weighted by atomic mass is 35.5. The Balaban J connectivity index is 1.54. The van der Waals surface area contributed by atoms with E-state index in [0.29, 0.717) is 22.2 Å². The first kappa shape index (κ1) is 19.0. The van der Waals surface area contributed by atoms with Crippen molar-refractivity contribution >= 4 is 29.1 Å². The first-order valence-corrected chi connectivity index (χ1v) is 9.57. The quantitative estimate of drug-likeness (QED) is 0.684. The van der Waals surface area contributed by atoms with E-state index in [2.05, 4.69) is 5.32 Å². The fourth-order valence-electron chi connectivity index (χ4n) is 3.42. The molecule has 0 aliphatic carbocycles. The molecule has 2 amide bonds. The van der Waals surface area contributed by atoms with Crippen molar-refractivity contribution in [2.24, 2.45) is 0 Å². The Labute approximate surface area is 173 Å². The predicted octanol–water partition coefficient (Wildman–Crippen LogP) is 4.67. The van der Waals surface area contributed by atoms with E-state index in [1.807, 2.05) is 48.5 Å². The molecule has 0 unspecified atom stereocenters. The van der Waals surface area contributed by atoms with E-state index < -0.39 is 5.92 Å². The minimum absolute atomic E-state index is 0.0663. The second kappa shape index (κ2) is 7.97. The number of anilines is 1. The molecule has 5 nitrogen and oxygen atoms in total. The minimum Gasteiger partial charge on any atom is -0.457 e. The van der Waals surface area contributed by atoms with Gasteiger partial charge in [-0.3, -0.25) is 9.59 Å². The SMILES string of the molecule is CN(CC(=O)Nc1ccc(Cl)cc1)C(=O)C1c2ccccc2Oc2ccccc21. The molecule has 3 aromatic rings. The molecule has 0 spiro atoms. The summed E-state index contributed by atoms with van der Waals surface area (Å²) in [7, 11) is 1.63. The predicted molar refractivity (Wildman–Crippen MR) is 113 cm³/mol. The Morgan fingerprint density at radius 1 is 0.931 bits per heavy atom. The van der Waals surface area contributed by atoms with Gasteiger partial charge in [0.05, 0.1) is 12.5 Å². The van der Waals surface area contributed by atoms with Crippen molar-refractivity contribution in [3.05, 3.63) is 88.9 Å². The lowest BCUT2D eigenvalue weighted by molar-refractivity contribution is -0.134. The summed E-state index contributed by atoms with van der Waals surface area (Å²) >= 11 is 5.87. The number of nitrogens with zero attached hydrogens (tertiary/aromatic N) is 1. The van der Waals surface area contributed by atoms with Gasteiger partial charge >= 0.3 is 0 Å². The molecule has 0 bridgehead atoms. The van der Waals surface area contributed by atoms with Gasteiger partial charge in [0, 0.05) is 28.9 Å². The largest absolute Gasteiger partial charge is 0.457 e. The zero-order chi connectivity index (χ0) is 20.4. The first-order chi connectivity index (χ1) is 14.0. The summed E-state index contributed by atoms with van der Waals surface area (Å²) < 4.78 is 5.95. The van der Waals surface area contributed by atoms with E-state index in [-0.39, 0.29) is 18.4 Å². The first-order valence-electron chi connectivity index (χ1n) is 9.19. The Morgan fingerprint density at radius 3 is 2.07 bits per heavy atom. The van der Waals surface area contributed by atoms with Crippen LogP contribution in [0.2, 0.25) is 5.02 Å². The van der Waals surface area contributed by atoms with Gasteiger partial charge in [0.15, 0.2) is 0 Å². The summed E-state index contributed by atoms with van der Waals surface area (Å²) in [6, 6.07) is 21.8. The van der Waals surface area contributed by atoms with Crippen LogP contribution in [0.4, 0.5) is 5.69 Å². The van der Waals surface area contributed by atoms with Gasteiger partial charge < -0.3 is 15.0 Å². The molecule has 1 N–H and O–H groups in total. The summed E-state index contributed by atoms with van der Waals surface area (Å²) in [5.74, 6) is 0.341. The molecule has 3 aromatic carbocycles. The molecule has 0 saturated heterocycles. The second-order valence-electron chi connectivity index (χ2n) is 6.86. The lowest BCUT2D eigenvalue weighted by atomic mass is 9.87. The Hall–Kier alpha value is -3.31. The van der Waals surface area contributed by atoms with Crippen molar-refractivity contribution in [3.8, 4) is 11.5 Å². The van der Waals surface area contributed by atoms with Gasteiger partial charge in [-0.25, -0.2) is 0 Å². The van der Waals surface area contributed by atoms with Crippen molar-refractivity contribution in [2.75, 3.05) is 18.9 Å². The smallest absolute Gasteiger partial charge is 0.243 e. The van der Waals surface area contributed by atoms with Crippen LogP contribution in [0.1, 0.15) is 17.0 Å². The number of amides is 2. The van der Waals surface area contributed by atoms with Crippen LogP contribution in [0.5, 0.6) is 11.5 Å². The number of nitrogens with one attached hydrogen (secondary N) is 1. The van der Waals surface area contributed by atoms with E-state index in [4.69, 9.17) is 16.3 Å². The van der Waals surface area contributed by atoms with Crippen LogP contribution in [0.15, 0.2) is 72.8 Å². The molecule has 1 heterocycles. The van der Waals surface area contributed by atoms with Crippen LogP contribution in [-0.2, 0) is 9.59 Å². The Kier molecular flexibility index (Phi) is 5.23. The number of ether oxygens (including phenoxy) is 1. The number of hydrogen-bond donors (Lipinski definition) is 1. The Morgan fingerprint density at radius 2 is 1.48 bits per heavy atom. The average Bonchev–Trinajstić information content (AvgIpc) is 2.73. The normalized spacial score (nSPS) is 12.3. The third-order valence-corrected chi connectivity index (χ3v) is 5.06. The van der Waals surface area contributed by atoms with E-state index in [1.54, 1.807) is 31.3 Å². The number of carbonyl (C=O) groups is 2. The molecule has 0 fully saturated rings. The van der Waals surface area contributed by atoms with E-state index in [1.165, 1.54) is 4.90 Å². The number of fused-ring (bicyclic) bond motifs is 2. The van der Waals surface area contributed by atoms with Gasteiger partial charge in [-0.15, -0.1) is 0 Å². The van der Waals surface area contributed by atoms with Gasteiger partial charge in [-0.05, 0) is 36.4 Å². The summed E-state index contributed by atoms with van der Waals surface area (Å²) in [5.41, 5.74) is 2.21. The van der Waals surface area contributed by atoms with Crippen LogP contribution in [0.25, 0.3) is 0 Å². The van der Waals surface area contributed by atoms with Gasteiger partial charge in [0.2, 0.25) is 11.8 Å². The molecule has 29 heavy (non-hydrogen) atoms. The van der Waals surface area contributed by atoms with E-state index in [0.717, 1.165) is 11.1 Å². The van der Waals surface area contributed by atoms with Crippen molar-refractivity contribution in [1.29, 1.82) is 0 Å². The number of likely N-dealkylation sites (N-methyl/N-ethyl adjacent to an activating group) is 1. The highest BCUT2D eigenvalue weighted by Gasteiger charge is 2.34. The maximum Gasteiger partial charge on any atom is 0.243 e. The maximum atomic E-state index is 13.3. The van der Waals surface area contributed by atoms with Crippen molar-refractivity contribution in [2.45, 2.75) is 5.92 Å². The lowest BCUT2D eigenvalue weighted by Gasteiger charge is -2.30. The van der Waals surface area contributed by atoms with E-state index >= 15 is 0 Å². The maximum absolute atomic E-state index is 13.3. The van der Waals surface area contributed by atoms with Crippen LogP contribution in [0, 0.1) is 0 Å².